The van der Waals surface area contributed by atoms with Gasteiger partial charge < -0.3 is 15.6 Å². The number of aromatic hydroxyl groups is 1. The lowest BCUT2D eigenvalue weighted by molar-refractivity contribution is 0.161. The summed E-state index contributed by atoms with van der Waals surface area (Å²) >= 11 is 5.97. The van der Waals surface area contributed by atoms with Gasteiger partial charge in [0.1, 0.15) is 17.6 Å². The SMILES string of the molecule is N[C@H]1CC(c2cccc(O)c2)Oc2ccc(Cl)cc21. The fourth-order valence-electron chi connectivity index (χ4n) is 2.40. The molecule has 1 heterocycles. The van der Waals surface area contributed by atoms with Gasteiger partial charge in [0.2, 0.25) is 0 Å². The number of rotatable bonds is 1. The Morgan fingerprint density at radius 2 is 2.05 bits per heavy atom. The summed E-state index contributed by atoms with van der Waals surface area (Å²) in [6.07, 6.45) is 0.521. The van der Waals surface area contributed by atoms with Crippen LogP contribution in [0.2, 0.25) is 5.02 Å². The topological polar surface area (TPSA) is 55.5 Å². The van der Waals surface area contributed by atoms with E-state index in [1.807, 2.05) is 18.2 Å². The van der Waals surface area contributed by atoms with E-state index >= 15 is 0 Å². The van der Waals surface area contributed by atoms with Crippen LogP contribution < -0.4 is 10.5 Å². The third-order valence-corrected chi connectivity index (χ3v) is 3.59. The summed E-state index contributed by atoms with van der Waals surface area (Å²) in [5.41, 5.74) is 8.04. The maximum atomic E-state index is 9.54. The summed E-state index contributed by atoms with van der Waals surface area (Å²) in [4.78, 5) is 0. The highest BCUT2D eigenvalue weighted by molar-refractivity contribution is 6.30. The molecule has 3 N–H and O–H groups in total. The van der Waals surface area contributed by atoms with Crippen LogP contribution in [0.1, 0.15) is 29.7 Å². The van der Waals surface area contributed by atoms with E-state index in [0.717, 1.165) is 16.9 Å². The molecule has 2 aromatic carbocycles. The number of halogens is 1. The van der Waals surface area contributed by atoms with Crippen LogP contribution in [-0.4, -0.2) is 5.11 Å². The Morgan fingerprint density at radius 1 is 1.21 bits per heavy atom. The van der Waals surface area contributed by atoms with Gasteiger partial charge in [-0.05, 0) is 35.9 Å². The van der Waals surface area contributed by atoms with Gasteiger partial charge in [-0.2, -0.15) is 0 Å². The molecule has 0 spiro atoms. The number of nitrogens with two attached hydrogens (primary N) is 1. The van der Waals surface area contributed by atoms with Gasteiger partial charge in [0, 0.05) is 23.0 Å². The lowest BCUT2D eigenvalue weighted by Crippen LogP contribution is -2.24. The largest absolute Gasteiger partial charge is 0.508 e. The molecule has 3 rings (SSSR count). The highest BCUT2D eigenvalue weighted by Gasteiger charge is 2.27. The molecule has 1 unspecified atom stereocenters. The van der Waals surface area contributed by atoms with Gasteiger partial charge in [-0.3, -0.25) is 0 Å². The van der Waals surface area contributed by atoms with Gasteiger partial charge in [0.25, 0.3) is 0 Å². The van der Waals surface area contributed by atoms with E-state index in [9.17, 15) is 5.11 Å². The molecule has 0 fully saturated rings. The minimum atomic E-state index is -0.143. The fraction of sp³-hybridized carbons (Fsp3) is 0.200. The van der Waals surface area contributed by atoms with Crippen molar-refractivity contribution >= 4 is 11.6 Å². The van der Waals surface area contributed by atoms with Crippen molar-refractivity contribution in [3.05, 3.63) is 58.6 Å². The van der Waals surface area contributed by atoms with Crippen LogP contribution in [0.3, 0.4) is 0 Å². The number of phenolic OH excluding ortho intramolecular Hbond substituents is 1. The van der Waals surface area contributed by atoms with Crippen LogP contribution in [0.5, 0.6) is 11.5 Å². The van der Waals surface area contributed by atoms with Crippen LogP contribution in [0.25, 0.3) is 0 Å². The van der Waals surface area contributed by atoms with Crippen molar-refractivity contribution in [1.82, 2.24) is 0 Å². The van der Waals surface area contributed by atoms with Crippen molar-refractivity contribution in [2.45, 2.75) is 18.6 Å². The van der Waals surface area contributed by atoms with Gasteiger partial charge >= 0.3 is 0 Å². The first-order valence-corrected chi connectivity index (χ1v) is 6.52. The molecule has 3 nitrogen and oxygen atoms in total. The first-order chi connectivity index (χ1) is 9.13. The molecule has 98 valence electrons. The fourth-order valence-corrected chi connectivity index (χ4v) is 2.59. The predicted molar refractivity (Wildman–Crippen MR) is 74.5 cm³/mol. The Balaban J connectivity index is 1.95. The molecule has 1 aliphatic rings. The van der Waals surface area contributed by atoms with Crippen LogP contribution in [0.4, 0.5) is 0 Å². The Kier molecular flexibility index (Phi) is 3.09. The molecule has 0 aromatic heterocycles. The maximum Gasteiger partial charge on any atom is 0.126 e. The number of hydrogen-bond donors (Lipinski definition) is 2. The average Bonchev–Trinajstić information content (AvgIpc) is 2.39. The first kappa shape index (κ1) is 12.3. The minimum Gasteiger partial charge on any atom is -0.508 e. The molecule has 2 aromatic rings. The maximum absolute atomic E-state index is 9.54. The summed E-state index contributed by atoms with van der Waals surface area (Å²) < 4.78 is 5.95. The number of hydrogen-bond acceptors (Lipinski definition) is 3. The van der Waals surface area contributed by atoms with Crippen LogP contribution >= 0.6 is 11.6 Å². The second-order valence-electron chi connectivity index (χ2n) is 4.73. The number of ether oxygens (including phenoxy) is 1. The lowest BCUT2D eigenvalue weighted by Gasteiger charge is -2.30. The Morgan fingerprint density at radius 3 is 2.84 bits per heavy atom. The second kappa shape index (κ2) is 4.76. The van der Waals surface area contributed by atoms with Gasteiger partial charge in [-0.15, -0.1) is 0 Å². The second-order valence-corrected chi connectivity index (χ2v) is 5.16. The summed E-state index contributed by atoms with van der Waals surface area (Å²) in [6.45, 7) is 0. The summed E-state index contributed by atoms with van der Waals surface area (Å²) in [5.74, 6) is 0.994. The van der Waals surface area contributed by atoms with Crippen molar-refractivity contribution < 1.29 is 9.84 Å². The normalized spacial score (nSPS) is 21.6. The van der Waals surface area contributed by atoms with E-state index in [-0.39, 0.29) is 17.9 Å². The van der Waals surface area contributed by atoms with E-state index < -0.39 is 0 Å². The zero-order valence-corrected chi connectivity index (χ0v) is 11.0. The molecule has 0 amide bonds. The summed E-state index contributed by atoms with van der Waals surface area (Å²) in [7, 11) is 0. The van der Waals surface area contributed by atoms with Crippen molar-refractivity contribution in [1.29, 1.82) is 0 Å². The molecule has 2 atom stereocenters. The number of phenols is 1. The van der Waals surface area contributed by atoms with Crippen molar-refractivity contribution in [3.8, 4) is 11.5 Å². The molecule has 0 saturated heterocycles. The smallest absolute Gasteiger partial charge is 0.126 e. The van der Waals surface area contributed by atoms with Gasteiger partial charge in [0.15, 0.2) is 0 Å². The number of benzene rings is 2. The molecule has 0 bridgehead atoms. The van der Waals surface area contributed by atoms with Gasteiger partial charge in [-0.1, -0.05) is 23.7 Å². The van der Waals surface area contributed by atoms with Crippen molar-refractivity contribution in [2.75, 3.05) is 0 Å². The molecule has 0 aliphatic carbocycles. The van der Waals surface area contributed by atoms with E-state index in [4.69, 9.17) is 22.1 Å². The highest BCUT2D eigenvalue weighted by Crippen LogP contribution is 2.41. The molecular weight excluding hydrogens is 262 g/mol. The van der Waals surface area contributed by atoms with Crippen LogP contribution in [-0.2, 0) is 0 Å². The molecular formula is C15H14ClNO2. The zero-order chi connectivity index (χ0) is 13.4. The Bertz CT molecular complexity index is 615. The quantitative estimate of drug-likeness (QED) is 0.836. The zero-order valence-electron chi connectivity index (χ0n) is 10.2. The third kappa shape index (κ3) is 2.39. The predicted octanol–water partition coefficient (Wildman–Crippen LogP) is 3.57. The first-order valence-electron chi connectivity index (χ1n) is 6.14. The lowest BCUT2D eigenvalue weighted by atomic mass is 9.93. The molecule has 4 heteroatoms. The standard InChI is InChI=1S/C15H14ClNO2/c16-10-4-5-14-12(7-10)13(17)8-15(19-14)9-2-1-3-11(18)6-9/h1-7,13,15,18H,8,17H2/t13-,15?/m0/s1. The Hall–Kier alpha value is -1.71. The minimum absolute atomic E-state index is 0.116. The summed E-state index contributed by atoms with van der Waals surface area (Å²) in [6, 6.07) is 12.4. The summed E-state index contributed by atoms with van der Waals surface area (Å²) in [5, 5.41) is 10.2. The van der Waals surface area contributed by atoms with E-state index in [2.05, 4.69) is 0 Å². The molecule has 1 aliphatic heterocycles. The number of fused-ring (bicyclic) bond motifs is 1. The van der Waals surface area contributed by atoms with Crippen molar-refractivity contribution in [2.24, 2.45) is 5.73 Å². The molecule has 19 heavy (non-hydrogen) atoms. The Labute approximate surface area is 116 Å². The van der Waals surface area contributed by atoms with Gasteiger partial charge in [0.05, 0.1) is 0 Å². The average molecular weight is 276 g/mol. The van der Waals surface area contributed by atoms with Crippen LogP contribution in [0.15, 0.2) is 42.5 Å². The molecule has 0 radical (unpaired) electrons. The van der Waals surface area contributed by atoms with Gasteiger partial charge in [-0.25, -0.2) is 0 Å². The van der Waals surface area contributed by atoms with E-state index in [1.165, 1.54) is 0 Å². The van der Waals surface area contributed by atoms with E-state index in [1.54, 1.807) is 24.3 Å². The third-order valence-electron chi connectivity index (χ3n) is 3.35. The van der Waals surface area contributed by atoms with Crippen molar-refractivity contribution in [3.63, 3.8) is 0 Å². The monoisotopic (exact) mass is 275 g/mol. The van der Waals surface area contributed by atoms with Crippen LogP contribution in [0, 0.1) is 0 Å². The highest BCUT2D eigenvalue weighted by atomic mass is 35.5. The molecule has 0 saturated carbocycles. The van der Waals surface area contributed by atoms with E-state index in [0.29, 0.717) is 11.4 Å².